The van der Waals surface area contributed by atoms with Gasteiger partial charge >= 0.3 is 5.97 Å². The van der Waals surface area contributed by atoms with Crippen LogP contribution in [-0.2, 0) is 4.79 Å². The molecule has 0 aromatic heterocycles. The number of hydrogen-bond donors (Lipinski definition) is 2. The third kappa shape index (κ3) is 1.30. The Morgan fingerprint density at radius 1 is 1.64 bits per heavy atom. The molecule has 0 heterocycles. The summed E-state index contributed by atoms with van der Waals surface area (Å²) in [7, 11) is 0. The minimum atomic E-state index is -1.02. The molecular weight excluding hydrogens is 178 g/mol. The third-order valence-electron chi connectivity index (χ3n) is 2.85. The summed E-state index contributed by atoms with van der Waals surface area (Å²) in [6, 6.07) is 7.87. The van der Waals surface area contributed by atoms with Crippen LogP contribution in [0.3, 0.4) is 0 Å². The molecule has 0 saturated heterocycles. The zero-order valence-electron chi connectivity index (χ0n) is 8.03. The van der Waals surface area contributed by atoms with Crippen molar-refractivity contribution in [2.24, 2.45) is 5.73 Å². The second kappa shape index (κ2) is 2.82. The average molecular weight is 191 g/mol. The van der Waals surface area contributed by atoms with Gasteiger partial charge in [0.1, 0.15) is 5.54 Å². The molecule has 1 fully saturated rings. The molecule has 1 saturated carbocycles. The highest BCUT2D eigenvalue weighted by molar-refractivity contribution is 5.84. The molecule has 3 heteroatoms. The molecule has 2 atom stereocenters. The highest BCUT2D eigenvalue weighted by Crippen LogP contribution is 2.49. The van der Waals surface area contributed by atoms with Gasteiger partial charge in [0.15, 0.2) is 0 Å². The standard InChI is InChI=1S/C11H13NO2/c1-7-3-2-4-8(5-7)9-6-11(9,12)10(13)14/h2-5,9H,6,12H2,1H3,(H,13,14)/t9-,11-/m1/s1. The lowest BCUT2D eigenvalue weighted by Gasteiger charge is -2.05. The number of aryl methyl sites for hydroxylation is 1. The van der Waals surface area contributed by atoms with Gasteiger partial charge in [-0.1, -0.05) is 29.8 Å². The van der Waals surface area contributed by atoms with Crippen LogP contribution in [0.5, 0.6) is 0 Å². The summed E-state index contributed by atoms with van der Waals surface area (Å²) in [6.45, 7) is 1.99. The van der Waals surface area contributed by atoms with Crippen LogP contribution < -0.4 is 5.73 Å². The smallest absolute Gasteiger partial charge is 0.324 e. The number of hydrogen-bond acceptors (Lipinski definition) is 2. The third-order valence-corrected chi connectivity index (χ3v) is 2.85. The van der Waals surface area contributed by atoms with E-state index < -0.39 is 11.5 Å². The molecule has 1 aliphatic rings. The van der Waals surface area contributed by atoms with Gasteiger partial charge in [0.2, 0.25) is 0 Å². The van der Waals surface area contributed by atoms with E-state index in [4.69, 9.17) is 10.8 Å². The maximum atomic E-state index is 10.8. The summed E-state index contributed by atoms with van der Waals surface area (Å²) in [5.74, 6) is -0.913. The summed E-state index contributed by atoms with van der Waals surface area (Å²) < 4.78 is 0. The van der Waals surface area contributed by atoms with Crippen molar-refractivity contribution >= 4 is 5.97 Å². The van der Waals surface area contributed by atoms with E-state index in [9.17, 15) is 4.79 Å². The Bertz CT molecular complexity index is 389. The van der Waals surface area contributed by atoms with Gasteiger partial charge < -0.3 is 10.8 Å². The Morgan fingerprint density at radius 2 is 2.36 bits per heavy atom. The van der Waals surface area contributed by atoms with Crippen LogP contribution in [0.2, 0.25) is 0 Å². The van der Waals surface area contributed by atoms with Gasteiger partial charge in [-0.2, -0.15) is 0 Å². The lowest BCUT2D eigenvalue weighted by Crippen LogP contribution is -2.34. The molecule has 0 amide bonds. The average Bonchev–Trinajstić information content (AvgIpc) is 2.80. The minimum absolute atomic E-state index is 0.0140. The highest BCUT2D eigenvalue weighted by atomic mass is 16.4. The van der Waals surface area contributed by atoms with Gasteiger partial charge in [-0.3, -0.25) is 4.79 Å². The van der Waals surface area contributed by atoms with Gasteiger partial charge in [0.05, 0.1) is 0 Å². The summed E-state index contributed by atoms with van der Waals surface area (Å²) >= 11 is 0. The van der Waals surface area contributed by atoms with E-state index in [0.29, 0.717) is 6.42 Å². The van der Waals surface area contributed by atoms with E-state index in [1.54, 1.807) is 0 Å². The Morgan fingerprint density at radius 3 is 2.86 bits per heavy atom. The quantitative estimate of drug-likeness (QED) is 0.739. The monoisotopic (exact) mass is 191 g/mol. The van der Waals surface area contributed by atoms with Crippen LogP contribution in [-0.4, -0.2) is 16.6 Å². The normalized spacial score (nSPS) is 30.0. The molecule has 0 spiro atoms. The van der Waals surface area contributed by atoms with E-state index in [0.717, 1.165) is 11.1 Å². The molecule has 1 aromatic rings. The van der Waals surface area contributed by atoms with Crippen molar-refractivity contribution < 1.29 is 9.90 Å². The Balaban J connectivity index is 2.25. The van der Waals surface area contributed by atoms with Crippen LogP contribution in [0.4, 0.5) is 0 Å². The summed E-state index contributed by atoms with van der Waals surface area (Å²) in [5, 5.41) is 8.89. The second-order valence-corrected chi connectivity index (χ2v) is 4.02. The number of rotatable bonds is 2. The molecule has 14 heavy (non-hydrogen) atoms. The van der Waals surface area contributed by atoms with Crippen LogP contribution in [0.25, 0.3) is 0 Å². The first-order valence-electron chi connectivity index (χ1n) is 4.63. The molecule has 2 rings (SSSR count). The number of carboxylic acids is 1. The largest absolute Gasteiger partial charge is 0.480 e. The van der Waals surface area contributed by atoms with Crippen LogP contribution in [0.15, 0.2) is 24.3 Å². The van der Waals surface area contributed by atoms with Gasteiger partial charge in [0, 0.05) is 5.92 Å². The maximum Gasteiger partial charge on any atom is 0.324 e. The molecule has 1 aromatic carbocycles. The fourth-order valence-electron chi connectivity index (χ4n) is 1.82. The first kappa shape index (κ1) is 9.21. The van der Waals surface area contributed by atoms with Crippen molar-refractivity contribution in [3.8, 4) is 0 Å². The molecule has 3 nitrogen and oxygen atoms in total. The van der Waals surface area contributed by atoms with Gasteiger partial charge in [-0.15, -0.1) is 0 Å². The predicted molar refractivity (Wildman–Crippen MR) is 53.1 cm³/mol. The Labute approximate surface area is 82.5 Å². The topological polar surface area (TPSA) is 63.3 Å². The number of nitrogens with two attached hydrogens (primary N) is 1. The van der Waals surface area contributed by atoms with E-state index in [-0.39, 0.29) is 5.92 Å². The molecule has 0 unspecified atom stereocenters. The van der Waals surface area contributed by atoms with Crippen molar-refractivity contribution in [1.82, 2.24) is 0 Å². The number of benzene rings is 1. The fraction of sp³-hybridized carbons (Fsp3) is 0.364. The van der Waals surface area contributed by atoms with E-state index in [1.165, 1.54) is 0 Å². The van der Waals surface area contributed by atoms with Gasteiger partial charge in [-0.05, 0) is 18.9 Å². The first-order chi connectivity index (χ1) is 6.54. The first-order valence-corrected chi connectivity index (χ1v) is 4.63. The number of carboxylic acid groups (broad SMARTS) is 1. The van der Waals surface area contributed by atoms with Crippen LogP contribution in [0.1, 0.15) is 23.5 Å². The molecule has 1 aliphatic carbocycles. The Hall–Kier alpha value is -1.35. The van der Waals surface area contributed by atoms with E-state index in [1.807, 2.05) is 31.2 Å². The molecule has 0 bridgehead atoms. The van der Waals surface area contributed by atoms with Crippen molar-refractivity contribution in [1.29, 1.82) is 0 Å². The molecule has 74 valence electrons. The summed E-state index contributed by atoms with van der Waals surface area (Å²) in [5.41, 5.74) is 6.87. The lowest BCUT2D eigenvalue weighted by molar-refractivity contribution is -0.139. The predicted octanol–water partition coefficient (Wildman–Crippen LogP) is 1.26. The van der Waals surface area contributed by atoms with Crippen molar-refractivity contribution in [2.75, 3.05) is 0 Å². The van der Waals surface area contributed by atoms with E-state index >= 15 is 0 Å². The summed E-state index contributed by atoms with van der Waals surface area (Å²) in [4.78, 5) is 10.8. The summed E-state index contributed by atoms with van der Waals surface area (Å²) in [6.07, 6.45) is 0.547. The number of aliphatic carboxylic acids is 1. The van der Waals surface area contributed by atoms with Crippen molar-refractivity contribution in [2.45, 2.75) is 24.8 Å². The maximum absolute atomic E-state index is 10.8. The zero-order valence-corrected chi connectivity index (χ0v) is 8.03. The minimum Gasteiger partial charge on any atom is -0.480 e. The van der Waals surface area contributed by atoms with Gasteiger partial charge in [0.25, 0.3) is 0 Å². The molecule has 3 N–H and O–H groups in total. The number of carbonyl (C=O) groups is 1. The van der Waals surface area contributed by atoms with Crippen LogP contribution in [0, 0.1) is 6.92 Å². The molecular formula is C11H13NO2. The molecule has 0 radical (unpaired) electrons. The van der Waals surface area contributed by atoms with Crippen molar-refractivity contribution in [3.05, 3.63) is 35.4 Å². The van der Waals surface area contributed by atoms with Gasteiger partial charge in [-0.25, -0.2) is 0 Å². The fourth-order valence-corrected chi connectivity index (χ4v) is 1.82. The highest BCUT2D eigenvalue weighted by Gasteiger charge is 2.58. The van der Waals surface area contributed by atoms with Crippen molar-refractivity contribution in [3.63, 3.8) is 0 Å². The second-order valence-electron chi connectivity index (χ2n) is 4.02. The van der Waals surface area contributed by atoms with E-state index in [2.05, 4.69) is 0 Å². The Kier molecular flexibility index (Phi) is 1.86. The molecule has 0 aliphatic heterocycles. The van der Waals surface area contributed by atoms with Crippen LogP contribution >= 0.6 is 0 Å². The SMILES string of the molecule is Cc1cccc([C@H]2C[C@]2(N)C(=O)O)c1. The zero-order chi connectivity index (χ0) is 10.3. The lowest BCUT2D eigenvalue weighted by atomic mass is 10.0.